The van der Waals surface area contributed by atoms with Crippen molar-refractivity contribution in [2.75, 3.05) is 0 Å². The molecule has 0 bridgehead atoms. The maximum atomic E-state index is 13.9. The van der Waals surface area contributed by atoms with E-state index in [4.69, 9.17) is 5.26 Å². The van der Waals surface area contributed by atoms with E-state index in [0.717, 1.165) is 15.7 Å². The molecular formula is C16H8BrFN2S. The second-order valence-corrected chi connectivity index (χ2v) is 6.12. The summed E-state index contributed by atoms with van der Waals surface area (Å²) in [7, 11) is 0. The van der Waals surface area contributed by atoms with Gasteiger partial charge in [0.15, 0.2) is 0 Å². The molecule has 21 heavy (non-hydrogen) atoms. The molecule has 1 heterocycles. The normalized spacial score (nSPS) is 10.3. The third-order valence-corrected chi connectivity index (χ3v) is 4.34. The van der Waals surface area contributed by atoms with Crippen molar-refractivity contribution in [2.24, 2.45) is 0 Å². The quantitative estimate of drug-likeness (QED) is 0.627. The summed E-state index contributed by atoms with van der Waals surface area (Å²) < 4.78 is 14.7. The lowest BCUT2D eigenvalue weighted by molar-refractivity contribution is 0.631. The van der Waals surface area contributed by atoms with E-state index in [1.807, 2.05) is 17.5 Å². The van der Waals surface area contributed by atoms with E-state index in [2.05, 4.69) is 27.0 Å². The van der Waals surface area contributed by atoms with Gasteiger partial charge in [0, 0.05) is 21.0 Å². The molecule has 0 saturated carbocycles. The molecule has 0 unspecified atom stereocenters. The van der Waals surface area contributed by atoms with Crippen molar-refractivity contribution in [3.8, 4) is 27.9 Å². The highest BCUT2D eigenvalue weighted by atomic mass is 79.9. The van der Waals surface area contributed by atoms with E-state index < -0.39 is 0 Å². The Morgan fingerprint density at radius 3 is 2.62 bits per heavy atom. The van der Waals surface area contributed by atoms with Crippen LogP contribution in [0.4, 0.5) is 4.39 Å². The van der Waals surface area contributed by atoms with Gasteiger partial charge in [-0.1, -0.05) is 28.1 Å². The highest BCUT2D eigenvalue weighted by Crippen LogP contribution is 2.32. The lowest BCUT2D eigenvalue weighted by atomic mass is 10.1. The Morgan fingerprint density at radius 2 is 1.90 bits per heavy atom. The molecular weight excluding hydrogens is 351 g/mol. The first-order valence-electron chi connectivity index (χ1n) is 6.09. The van der Waals surface area contributed by atoms with Gasteiger partial charge in [-0.25, -0.2) is 9.37 Å². The summed E-state index contributed by atoms with van der Waals surface area (Å²) >= 11 is 4.73. The Morgan fingerprint density at radius 1 is 1.14 bits per heavy atom. The van der Waals surface area contributed by atoms with E-state index in [1.165, 1.54) is 17.4 Å². The fourth-order valence-electron chi connectivity index (χ4n) is 1.91. The number of halogens is 2. The van der Waals surface area contributed by atoms with Gasteiger partial charge in [-0.15, -0.1) is 11.3 Å². The van der Waals surface area contributed by atoms with Crippen molar-refractivity contribution in [1.82, 2.24) is 4.98 Å². The van der Waals surface area contributed by atoms with Gasteiger partial charge in [-0.3, -0.25) is 0 Å². The van der Waals surface area contributed by atoms with Crippen LogP contribution in [0.3, 0.4) is 0 Å². The first-order chi connectivity index (χ1) is 10.2. The number of nitrogens with zero attached hydrogens (tertiary/aromatic N) is 2. The summed E-state index contributed by atoms with van der Waals surface area (Å²) in [5, 5.41) is 11.3. The third-order valence-electron chi connectivity index (χ3n) is 2.97. The lowest BCUT2D eigenvalue weighted by Gasteiger charge is -2.00. The molecule has 2 aromatic carbocycles. The average molecular weight is 359 g/mol. The highest BCUT2D eigenvalue weighted by molar-refractivity contribution is 9.10. The molecule has 0 aliphatic rings. The molecule has 0 fully saturated rings. The minimum Gasteiger partial charge on any atom is -0.236 e. The molecule has 102 valence electrons. The van der Waals surface area contributed by atoms with Gasteiger partial charge in [0.1, 0.15) is 10.8 Å². The zero-order valence-corrected chi connectivity index (χ0v) is 13.1. The minimum absolute atomic E-state index is 0.293. The van der Waals surface area contributed by atoms with Gasteiger partial charge in [0.05, 0.1) is 17.3 Å². The second kappa shape index (κ2) is 5.76. The summed E-state index contributed by atoms with van der Waals surface area (Å²) in [5.74, 6) is -0.293. The zero-order valence-electron chi connectivity index (χ0n) is 10.7. The van der Waals surface area contributed by atoms with Crippen LogP contribution in [-0.4, -0.2) is 4.98 Å². The Bertz CT molecular complexity index is 834. The zero-order chi connectivity index (χ0) is 14.8. The van der Waals surface area contributed by atoms with E-state index in [-0.39, 0.29) is 5.82 Å². The Balaban J connectivity index is 1.99. The molecule has 0 radical (unpaired) electrons. The summed E-state index contributed by atoms with van der Waals surface area (Å²) in [6.07, 6.45) is 0. The van der Waals surface area contributed by atoms with E-state index in [9.17, 15) is 4.39 Å². The SMILES string of the molecule is N#Cc1ccc(-c2csc(-c3cc(Br)ccc3F)n2)cc1. The number of nitriles is 1. The predicted molar refractivity (Wildman–Crippen MR) is 85.4 cm³/mol. The fraction of sp³-hybridized carbons (Fsp3) is 0. The molecule has 3 rings (SSSR count). The summed E-state index contributed by atoms with van der Waals surface area (Å²) in [4.78, 5) is 4.48. The molecule has 0 amide bonds. The van der Waals surface area contributed by atoms with Gasteiger partial charge in [0.2, 0.25) is 0 Å². The van der Waals surface area contributed by atoms with Gasteiger partial charge in [-0.2, -0.15) is 5.26 Å². The Hall–Kier alpha value is -2.03. The van der Waals surface area contributed by atoms with Crippen LogP contribution in [0, 0.1) is 17.1 Å². The van der Waals surface area contributed by atoms with Crippen LogP contribution in [0.5, 0.6) is 0 Å². The maximum Gasteiger partial charge on any atom is 0.133 e. The molecule has 1 aromatic heterocycles. The van der Waals surface area contributed by atoms with Gasteiger partial charge in [-0.05, 0) is 30.3 Å². The van der Waals surface area contributed by atoms with Crippen molar-refractivity contribution in [1.29, 1.82) is 5.26 Å². The van der Waals surface area contributed by atoms with Gasteiger partial charge < -0.3 is 0 Å². The van der Waals surface area contributed by atoms with Gasteiger partial charge >= 0.3 is 0 Å². The Kier molecular flexibility index (Phi) is 3.82. The largest absolute Gasteiger partial charge is 0.236 e. The van der Waals surface area contributed by atoms with Crippen molar-refractivity contribution < 1.29 is 4.39 Å². The molecule has 0 spiro atoms. The first kappa shape index (κ1) is 13.9. The number of rotatable bonds is 2. The summed E-state index contributed by atoms with van der Waals surface area (Å²) in [6, 6.07) is 14.0. The summed E-state index contributed by atoms with van der Waals surface area (Å²) in [5.41, 5.74) is 2.77. The number of aromatic nitrogens is 1. The first-order valence-corrected chi connectivity index (χ1v) is 7.76. The van der Waals surface area contributed by atoms with Crippen molar-refractivity contribution in [3.05, 3.63) is 63.7 Å². The standard InChI is InChI=1S/C16H8BrFN2S/c17-12-5-6-14(18)13(7-12)16-20-15(9-21-16)11-3-1-10(8-19)2-4-11/h1-7,9H. The maximum absolute atomic E-state index is 13.9. The molecule has 3 aromatic rings. The minimum atomic E-state index is -0.293. The van der Waals surface area contributed by atoms with E-state index >= 15 is 0 Å². The molecule has 0 atom stereocenters. The predicted octanol–water partition coefficient (Wildman–Crippen LogP) is 5.25. The monoisotopic (exact) mass is 358 g/mol. The molecule has 0 aliphatic heterocycles. The number of thiazole rings is 1. The number of hydrogen-bond donors (Lipinski definition) is 0. The number of hydrogen-bond acceptors (Lipinski definition) is 3. The van der Waals surface area contributed by atoms with Crippen LogP contribution in [0.15, 0.2) is 52.3 Å². The van der Waals surface area contributed by atoms with Crippen LogP contribution >= 0.6 is 27.3 Å². The van der Waals surface area contributed by atoms with Gasteiger partial charge in [0.25, 0.3) is 0 Å². The lowest BCUT2D eigenvalue weighted by Crippen LogP contribution is -1.84. The van der Waals surface area contributed by atoms with Crippen LogP contribution in [0.1, 0.15) is 5.56 Å². The topological polar surface area (TPSA) is 36.7 Å². The molecule has 5 heteroatoms. The summed E-state index contributed by atoms with van der Waals surface area (Å²) in [6.45, 7) is 0. The van der Waals surface area contributed by atoms with Crippen molar-refractivity contribution in [2.45, 2.75) is 0 Å². The van der Waals surface area contributed by atoms with Crippen LogP contribution in [-0.2, 0) is 0 Å². The third kappa shape index (κ3) is 2.87. The van der Waals surface area contributed by atoms with Crippen LogP contribution < -0.4 is 0 Å². The van der Waals surface area contributed by atoms with Crippen molar-refractivity contribution in [3.63, 3.8) is 0 Å². The highest BCUT2D eigenvalue weighted by Gasteiger charge is 2.11. The molecule has 0 aliphatic carbocycles. The fourth-order valence-corrected chi connectivity index (χ4v) is 3.11. The number of benzene rings is 2. The molecule has 2 nitrogen and oxygen atoms in total. The smallest absolute Gasteiger partial charge is 0.133 e. The average Bonchev–Trinajstić information content (AvgIpc) is 2.99. The van der Waals surface area contributed by atoms with Crippen LogP contribution in [0.2, 0.25) is 0 Å². The van der Waals surface area contributed by atoms with Crippen LogP contribution in [0.25, 0.3) is 21.8 Å². The molecule has 0 N–H and O–H groups in total. The van der Waals surface area contributed by atoms with Crippen molar-refractivity contribution >= 4 is 27.3 Å². The molecule has 0 saturated heterocycles. The van der Waals surface area contributed by atoms with E-state index in [1.54, 1.807) is 24.3 Å². The Labute approximate surface area is 133 Å². The van der Waals surface area contributed by atoms with E-state index in [0.29, 0.717) is 16.1 Å². The second-order valence-electron chi connectivity index (χ2n) is 4.35.